The minimum absolute atomic E-state index is 0.278. The van der Waals surface area contributed by atoms with Crippen molar-refractivity contribution in [3.63, 3.8) is 0 Å². The van der Waals surface area contributed by atoms with Gasteiger partial charge in [-0.1, -0.05) is 6.92 Å². The van der Waals surface area contributed by atoms with Gasteiger partial charge in [-0.3, -0.25) is 9.80 Å². The number of piperidine rings is 1. The van der Waals surface area contributed by atoms with Crippen molar-refractivity contribution in [2.45, 2.75) is 71.1 Å². The number of rotatable bonds is 7. The lowest BCUT2D eigenvalue weighted by Crippen LogP contribution is -2.58. The van der Waals surface area contributed by atoms with E-state index in [0.717, 1.165) is 50.5 Å². The maximum Gasteiger partial charge on any atom is 0.118 e. The molecule has 5 nitrogen and oxygen atoms in total. The number of aliphatic hydroxyl groups excluding tert-OH is 1. The van der Waals surface area contributed by atoms with Crippen molar-refractivity contribution in [2.24, 2.45) is 0 Å². The van der Waals surface area contributed by atoms with Crippen LogP contribution in [0.2, 0.25) is 0 Å². The van der Waals surface area contributed by atoms with Gasteiger partial charge in [0.05, 0.1) is 6.54 Å². The number of hydrogen-bond acceptors (Lipinski definition) is 5. The Morgan fingerprint density at radius 3 is 2.46 bits per heavy atom. The lowest BCUT2D eigenvalue weighted by atomic mass is 9.97. The van der Waals surface area contributed by atoms with Crippen molar-refractivity contribution in [2.75, 3.05) is 39.3 Å². The lowest BCUT2D eigenvalue weighted by Gasteiger charge is -2.48. The summed E-state index contributed by atoms with van der Waals surface area (Å²) in [5.41, 5.74) is 0. The van der Waals surface area contributed by atoms with Crippen LogP contribution < -0.4 is 0 Å². The van der Waals surface area contributed by atoms with E-state index in [9.17, 15) is 5.11 Å². The first-order valence-electron chi connectivity index (χ1n) is 10.5. The van der Waals surface area contributed by atoms with Gasteiger partial charge in [-0.2, -0.15) is 0 Å². The summed E-state index contributed by atoms with van der Waals surface area (Å²) >= 11 is 0. The monoisotopic (exact) mass is 363 g/mol. The number of furan rings is 1. The van der Waals surface area contributed by atoms with Crippen molar-refractivity contribution in [1.29, 1.82) is 0 Å². The Morgan fingerprint density at radius 2 is 1.85 bits per heavy atom. The first kappa shape index (κ1) is 19.9. The molecule has 1 N–H and O–H groups in total. The van der Waals surface area contributed by atoms with Crippen LogP contribution in [0, 0.1) is 0 Å². The summed E-state index contributed by atoms with van der Waals surface area (Å²) in [4.78, 5) is 7.79. The van der Waals surface area contributed by atoms with E-state index >= 15 is 0 Å². The topological polar surface area (TPSA) is 43.1 Å². The van der Waals surface area contributed by atoms with E-state index in [-0.39, 0.29) is 6.61 Å². The lowest BCUT2D eigenvalue weighted by molar-refractivity contribution is -0.00168. The Bertz CT molecular complexity index is 537. The fraction of sp³-hybridized carbons (Fsp3) is 0.810. The Labute approximate surface area is 158 Å². The van der Waals surface area contributed by atoms with Crippen LogP contribution in [0.3, 0.4) is 0 Å². The van der Waals surface area contributed by atoms with E-state index in [1.807, 2.05) is 0 Å². The first-order valence-corrected chi connectivity index (χ1v) is 10.5. The quantitative estimate of drug-likeness (QED) is 0.807. The van der Waals surface area contributed by atoms with Gasteiger partial charge in [-0.05, 0) is 58.3 Å². The van der Waals surface area contributed by atoms with Gasteiger partial charge < -0.3 is 14.4 Å². The Hall–Kier alpha value is -0.880. The predicted octanol–water partition coefficient (Wildman–Crippen LogP) is 2.58. The van der Waals surface area contributed by atoms with Crippen LogP contribution in [-0.4, -0.2) is 77.3 Å². The molecule has 1 aromatic rings. The van der Waals surface area contributed by atoms with Crippen molar-refractivity contribution < 1.29 is 9.52 Å². The van der Waals surface area contributed by atoms with E-state index in [4.69, 9.17) is 4.42 Å². The molecule has 0 bridgehead atoms. The molecule has 1 aromatic heterocycles. The summed E-state index contributed by atoms with van der Waals surface area (Å²) in [6.45, 7) is 13.5. The molecule has 0 saturated carbocycles. The van der Waals surface area contributed by atoms with Gasteiger partial charge in [0.15, 0.2) is 0 Å². The second kappa shape index (κ2) is 9.36. The second-order valence-corrected chi connectivity index (χ2v) is 8.22. The van der Waals surface area contributed by atoms with Crippen LogP contribution in [0.5, 0.6) is 0 Å². The molecular formula is C21H37N3O2. The van der Waals surface area contributed by atoms with Crippen LogP contribution in [0.15, 0.2) is 16.5 Å². The summed E-state index contributed by atoms with van der Waals surface area (Å²) in [7, 11) is 0. The summed E-state index contributed by atoms with van der Waals surface area (Å²) < 4.78 is 5.90. The molecule has 3 rings (SSSR count). The average Bonchev–Trinajstić information content (AvgIpc) is 3.10. The fourth-order valence-corrected chi connectivity index (χ4v) is 4.62. The molecule has 3 heterocycles. The molecule has 1 atom stereocenters. The molecule has 5 heteroatoms. The molecular weight excluding hydrogens is 326 g/mol. The number of likely N-dealkylation sites (tertiary alicyclic amines) is 1. The van der Waals surface area contributed by atoms with Crippen LogP contribution in [0.25, 0.3) is 0 Å². The first-order chi connectivity index (χ1) is 12.6. The van der Waals surface area contributed by atoms with Crippen LogP contribution in [0.1, 0.15) is 51.6 Å². The Morgan fingerprint density at radius 1 is 1.12 bits per heavy atom. The highest BCUT2D eigenvalue weighted by Crippen LogP contribution is 2.25. The molecule has 0 aromatic carbocycles. The zero-order valence-corrected chi connectivity index (χ0v) is 16.9. The van der Waals surface area contributed by atoms with Gasteiger partial charge in [0.25, 0.3) is 0 Å². The third-order valence-electron chi connectivity index (χ3n) is 6.22. The molecule has 26 heavy (non-hydrogen) atoms. The molecule has 0 unspecified atom stereocenters. The minimum atomic E-state index is 0.278. The number of aliphatic hydroxyl groups is 1. The number of hydrogen-bond donors (Lipinski definition) is 1. The van der Waals surface area contributed by atoms with E-state index in [0.29, 0.717) is 18.1 Å². The van der Waals surface area contributed by atoms with Gasteiger partial charge in [-0.15, -0.1) is 0 Å². The maximum absolute atomic E-state index is 9.59. The van der Waals surface area contributed by atoms with Crippen LogP contribution in [0.4, 0.5) is 0 Å². The molecule has 0 aliphatic carbocycles. The molecule has 2 aliphatic heterocycles. The molecule has 2 saturated heterocycles. The number of nitrogens with zero attached hydrogens (tertiary/aromatic N) is 3. The largest absolute Gasteiger partial charge is 0.465 e. The Balaban J connectivity index is 1.56. The van der Waals surface area contributed by atoms with Crippen molar-refractivity contribution in [3.05, 3.63) is 23.7 Å². The highest BCUT2D eigenvalue weighted by Gasteiger charge is 2.34. The fourth-order valence-electron chi connectivity index (χ4n) is 4.62. The maximum atomic E-state index is 9.59. The van der Waals surface area contributed by atoms with Crippen molar-refractivity contribution in [1.82, 2.24) is 14.7 Å². The molecule has 0 radical (unpaired) electrons. The molecule has 0 amide bonds. The second-order valence-electron chi connectivity index (χ2n) is 8.22. The molecule has 0 spiro atoms. The normalized spacial score (nSPS) is 24.6. The van der Waals surface area contributed by atoms with Gasteiger partial charge in [0.2, 0.25) is 0 Å². The molecule has 2 aliphatic rings. The van der Waals surface area contributed by atoms with Gasteiger partial charge in [0, 0.05) is 50.8 Å². The zero-order valence-electron chi connectivity index (χ0n) is 16.9. The average molecular weight is 364 g/mol. The SMILES string of the molecule is CCc1ccc(CN2CCN(C3CCN(C(C)C)CC3)[C@@H](CCO)C2)o1. The minimum Gasteiger partial charge on any atom is -0.465 e. The van der Waals surface area contributed by atoms with E-state index in [1.54, 1.807) is 0 Å². The predicted molar refractivity (Wildman–Crippen MR) is 105 cm³/mol. The van der Waals surface area contributed by atoms with Crippen LogP contribution >= 0.6 is 0 Å². The highest BCUT2D eigenvalue weighted by atomic mass is 16.3. The highest BCUT2D eigenvalue weighted by molar-refractivity contribution is 5.07. The third kappa shape index (κ3) is 4.89. The standard InChI is InChI=1S/C21H37N3O2/c1-4-20-5-6-21(26-20)16-22-12-13-24(19(15-22)9-14-25)18-7-10-23(11-8-18)17(2)3/h5-6,17-19,25H,4,7-16H2,1-3H3/t19-/m0/s1. The summed E-state index contributed by atoms with van der Waals surface area (Å²) in [6, 6.07) is 6.01. The summed E-state index contributed by atoms with van der Waals surface area (Å²) in [6.07, 6.45) is 4.35. The van der Waals surface area contributed by atoms with Crippen LogP contribution in [-0.2, 0) is 13.0 Å². The van der Waals surface area contributed by atoms with E-state index in [1.165, 1.54) is 25.9 Å². The molecule has 2 fully saturated rings. The Kier molecular flexibility index (Phi) is 7.15. The number of aryl methyl sites for hydroxylation is 1. The smallest absolute Gasteiger partial charge is 0.118 e. The molecule has 148 valence electrons. The summed E-state index contributed by atoms with van der Waals surface area (Å²) in [5.74, 6) is 2.14. The van der Waals surface area contributed by atoms with Gasteiger partial charge in [-0.25, -0.2) is 0 Å². The third-order valence-corrected chi connectivity index (χ3v) is 6.22. The van der Waals surface area contributed by atoms with Crippen molar-refractivity contribution in [3.8, 4) is 0 Å². The van der Waals surface area contributed by atoms with Gasteiger partial charge in [0.1, 0.15) is 11.5 Å². The van der Waals surface area contributed by atoms with E-state index in [2.05, 4.69) is 47.6 Å². The number of piperazine rings is 1. The summed E-state index contributed by atoms with van der Waals surface area (Å²) in [5, 5.41) is 9.59. The zero-order chi connectivity index (χ0) is 18.5. The van der Waals surface area contributed by atoms with Crippen molar-refractivity contribution >= 4 is 0 Å². The van der Waals surface area contributed by atoms with Gasteiger partial charge >= 0.3 is 0 Å². The van der Waals surface area contributed by atoms with E-state index < -0.39 is 0 Å².